The van der Waals surface area contributed by atoms with Gasteiger partial charge in [0.05, 0.1) is 29.4 Å². The number of hydrogen-bond donors (Lipinski definition) is 1. The lowest BCUT2D eigenvalue weighted by molar-refractivity contribution is 0.0329. The van der Waals surface area contributed by atoms with Crippen molar-refractivity contribution in [3.8, 4) is 5.69 Å². The average molecular weight is 324 g/mol. The fourth-order valence-electron chi connectivity index (χ4n) is 3.17. The minimum Gasteiger partial charge on any atom is -0.359 e. The molecule has 0 fully saturated rings. The summed E-state index contributed by atoms with van der Waals surface area (Å²) in [4.78, 5) is 29.7. The molecule has 0 amide bonds. The Hall–Kier alpha value is -2.77. The van der Waals surface area contributed by atoms with E-state index >= 15 is 0 Å². The summed E-state index contributed by atoms with van der Waals surface area (Å²) in [6.45, 7) is 0.372. The second-order valence-electron chi connectivity index (χ2n) is 5.84. The molecule has 7 nitrogen and oxygen atoms in total. The molecule has 1 aliphatic heterocycles. The van der Waals surface area contributed by atoms with Gasteiger partial charge in [-0.2, -0.15) is 0 Å². The van der Waals surface area contributed by atoms with E-state index in [-0.39, 0.29) is 5.56 Å². The zero-order chi connectivity index (χ0) is 16.8. The Morgan fingerprint density at radius 3 is 2.96 bits per heavy atom. The SMILES string of the molecule is Cn1c(=O)n(-c2cccc3c2C[C@@H](N)OC3)c(=O)c2ccncc21. The number of benzene rings is 1. The quantitative estimate of drug-likeness (QED) is 0.701. The molecule has 0 radical (unpaired) electrons. The van der Waals surface area contributed by atoms with Crippen molar-refractivity contribution in [2.24, 2.45) is 12.8 Å². The number of pyridine rings is 1. The monoisotopic (exact) mass is 324 g/mol. The first-order valence-corrected chi connectivity index (χ1v) is 7.62. The van der Waals surface area contributed by atoms with Gasteiger partial charge in [-0.05, 0) is 23.3 Å². The Bertz CT molecular complexity index is 1070. The molecule has 3 aromatic rings. The maximum absolute atomic E-state index is 12.9. The largest absolute Gasteiger partial charge is 0.359 e. The Kier molecular flexibility index (Phi) is 3.33. The summed E-state index contributed by atoms with van der Waals surface area (Å²) in [7, 11) is 1.63. The molecule has 0 bridgehead atoms. The summed E-state index contributed by atoms with van der Waals surface area (Å²) in [6.07, 6.45) is 3.08. The zero-order valence-electron chi connectivity index (χ0n) is 13.1. The van der Waals surface area contributed by atoms with Crippen LogP contribution in [0.5, 0.6) is 0 Å². The van der Waals surface area contributed by atoms with E-state index in [0.717, 1.165) is 11.1 Å². The van der Waals surface area contributed by atoms with Crippen LogP contribution in [-0.4, -0.2) is 20.3 Å². The molecule has 0 aliphatic carbocycles. The van der Waals surface area contributed by atoms with E-state index in [0.29, 0.717) is 29.6 Å². The number of fused-ring (bicyclic) bond motifs is 2. The fraction of sp³-hybridized carbons (Fsp3) is 0.235. The maximum atomic E-state index is 12.9. The lowest BCUT2D eigenvalue weighted by Gasteiger charge is -2.25. The first-order valence-electron chi connectivity index (χ1n) is 7.62. The van der Waals surface area contributed by atoms with Gasteiger partial charge in [0, 0.05) is 19.7 Å². The first kappa shape index (κ1) is 14.8. The van der Waals surface area contributed by atoms with Crippen molar-refractivity contribution in [2.45, 2.75) is 19.3 Å². The Morgan fingerprint density at radius 1 is 1.29 bits per heavy atom. The highest BCUT2D eigenvalue weighted by Gasteiger charge is 2.22. The highest BCUT2D eigenvalue weighted by Crippen LogP contribution is 2.24. The van der Waals surface area contributed by atoms with Crippen LogP contribution < -0.4 is 17.0 Å². The summed E-state index contributed by atoms with van der Waals surface area (Å²) in [5.74, 6) is 0. The third kappa shape index (κ3) is 2.10. The van der Waals surface area contributed by atoms with Gasteiger partial charge in [-0.3, -0.25) is 14.3 Å². The Labute approximate surface area is 136 Å². The van der Waals surface area contributed by atoms with Crippen molar-refractivity contribution in [3.63, 3.8) is 0 Å². The topological polar surface area (TPSA) is 92.1 Å². The fourth-order valence-corrected chi connectivity index (χ4v) is 3.17. The number of hydrogen-bond acceptors (Lipinski definition) is 5. The molecule has 3 heterocycles. The molecular formula is C17H16N4O3. The number of nitrogens with two attached hydrogens (primary N) is 1. The number of ether oxygens (including phenoxy) is 1. The lowest BCUT2D eigenvalue weighted by atomic mass is 9.99. The number of aromatic nitrogens is 3. The van der Waals surface area contributed by atoms with Gasteiger partial charge < -0.3 is 10.5 Å². The molecule has 0 saturated heterocycles. The Balaban J connectivity index is 2.09. The van der Waals surface area contributed by atoms with Crippen LogP contribution in [-0.2, 0) is 24.8 Å². The van der Waals surface area contributed by atoms with Crippen molar-refractivity contribution in [1.82, 2.24) is 14.1 Å². The van der Waals surface area contributed by atoms with Gasteiger partial charge in [-0.15, -0.1) is 0 Å². The summed E-state index contributed by atoms with van der Waals surface area (Å²) in [5.41, 5.74) is 8.02. The highest BCUT2D eigenvalue weighted by atomic mass is 16.5. The van der Waals surface area contributed by atoms with E-state index in [4.69, 9.17) is 10.5 Å². The van der Waals surface area contributed by atoms with Gasteiger partial charge in [0.2, 0.25) is 0 Å². The molecule has 4 rings (SSSR count). The van der Waals surface area contributed by atoms with E-state index < -0.39 is 11.9 Å². The van der Waals surface area contributed by atoms with Gasteiger partial charge >= 0.3 is 5.69 Å². The number of nitrogens with zero attached hydrogens (tertiary/aromatic N) is 3. The van der Waals surface area contributed by atoms with Crippen LogP contribution in [0.3, 0.4) is 0 Å². The maximum Gasteiger partial charge on any atom is 0.335 e. The van der Waals surface area contributed by atoms with Gasteiger partial charge in [0.15, 0.2) is 0 Å². The van der Waals surface area contributed by atoms with Crippen molar-refractivity contribution in [1.29, 1.82) is 0 Å². The smallest absolute Gasteiger partial charge is 0.335 e. The number of rotatable bonds is 1. The van der Waals surface area contributed by atoms with Crippen molar-refractivity contribution in [3.05, 3.63) is 68.6 Å². The zero-order valence-corrected chi connectivity index (χ0v) is 13.1. The summed E-state index contributed by atoms with van der Waals surface area (Å²) < 4.78 is 8.09. The average Bonchev–Trinajstić information content (AvgIpc) is 2.60. The van der Waals surface area contributed by atoms with Crippen LogP contribution in [0.2, 0.25) is 0 Å². The third-order valence-electron chi connectivity index (χ3n) is 4.42. The van der Waals surface area contributed by atoms with Crippen LogP contribution in [0.25, 0.3) is 16.6 Å². The van der Waals surface area contributed by atoms with Crippen LogP contribution in [0, 0.1) is 0 Å². The lowest BCUT2D eigenvalue weighted by Crippen LogP contribution is -2.39. The van der Waals surface area contributed by atoms with Gasteiger partial charge in [0.1, 0.15) is 6.23 Å². The molecule has 7 heteroatoms. The van der Waals surface area contributed by atoms with Crippen molar-refractivity contribution < 1.29 is 4.74 Å². The van der Waals surface area contributed by atoms with Crippen LogP contribution >= 0.6 is 0 Å². The molecule has 2 aromatic heterocycles. The summed E-state index contributed by atoms with van der Waals surface area (Å²) >= 11 is 0. The molecular weight excluding hydrogens is 308 g/mol. The van der Waals surface area contributed by atoms with E-state index in [2.05, 4.69) is 4.98 Å². The molecule has 1 atom stereocenters. The molecule has 0 spiro atoms. The van der Waals surface area contributed by atoms with Gasteiger partial charge in [0.25, 0.3) is 5.56 Å². The van der Waals surface area contributed by atoms with E-state index in [1.165, 1.54) is 15.3 Å². The summed E-state index contributed by atoms with van der Waals surface area (Å²) in [5, 5.41) is 0.445. The van der Waals surface area contributed by atoms with Crippen LogP contribution in [0.15, 0.2) is 46.2 Å². The molecule has 0 saturated carbocycles. The highest BCUT2D eigenvalue weighted by molar-refractivity contribution is 5.77. The first-order chi connectivity index (χ1) is 11.6. The predicted octanol–water partition coefficient (Wildman–Crippen LogP) is 0.442. The number of aryl methyl sites for hydroxylation is 1. The summed E-state index contributed by atoms with van der Waals surface area (Å²) in [6, 6.07) is 7.13. The van der Waals surface area contributed by atoms with Gasteiger partial charge in [-0.25, -0.2) is 9.36 Å². The molecule has 0 unspecified atom stereocenters. The third-order valence-corrected chi connectivity index (χ3v) is 4.42. The standard InChI is InChI=1S/C17H16N4O3/c1-20-14-8-19-6-5-11(14)16(22)21(17(20)23)13-4-2-3-10-9-24-15(18)7-12(10)13/h2-6,8,15H,7,9,18H2,1H3/t15-/m0/s1. The molecule has 24 heavy (non-hydrogen) atoms. The van der Waals surface area contributed by atoms with Crippen LogP contribution in [0.4, 0.5) is 0 Å². The van der Waals surface area contributed by atoms with E-state index in [1.54, 1.807) is 25.4 Å². The van der Waals surface area contributed by atoms with Gasteiger partial charge in [-0.1, -0.05) is 12.1 Å². The molecule has 1 aliphatic rings. The minimum absolute atomic E-state index is 0.357. The minimum atomic E-state index is -0.442. The Morgan fingerprint density at radius 2 is 2.12 bits per heavy atom. The second-order valence-corrected chi connectivity index (χ2v) is 5.84. The van der Waals surface area contributed by atoms with Crippen molar-refractivity contribution >= 4 is 10.9 Å². The van der Waals surface area contributed by atoms with Crippen molar-refractivity contribution in [2.75, 3.05) is 0 Å². The van der Waals surface area contributed by atoms with E-state index in [9.17, 15) is 9.59 Å². The molecule has 122 valence electrons. The molecule has 2 N–H and O–H groups in total. The van der Waals surface area contributed by atoms with Crippen LogP contribution in [0.1, 0.15) is 11.1 Å². The molecule has 1 aromatic carbocycles. The second kappa shape index (κ2) is 5.40. The van der Waals surface area contributed by atoms with E-state index in [1.807, 2.05) is 12.1 Å². The normalized spacial score (nSPS) is 17.0. The predicted molar refractivity (Wildman–Crippen MR) is 89.0 cm³/mol.